The van der Waals surface area contributed by atoms with E-state index in [0.29, 0.717) is 0 Å². The van der Waals surface area contributed by atoms with Gasteiger partial charge in [-0.3, -0.25) is 0 Å². The molecule has 0 aliphatic heterocycles. The van der Waals surface area contributed by atoms with Gasteiger partial charge in [0.1, 0.15) is 0 Å². The Morgan fingerprint density at radius 3 is 1.89 bits per heavy atom. The lowest BCUT2D eigenvalue weighted by Crippen LogP contribution is -2.25. The average molecular weight is 284 g/mol. The fourth-order valence-electron chi connectivity index (χ4n) is 1.55. The Bertz CT molecular complexity index is 377. The van der Waals surface area contributed by atoms with Crippen LogP contribution in [0.5, 0.6) is 0 Å². The van der Waals surface area contributed by atoms with Crippen LogP contribution in [0.1, 0.15) is 31.9 Å². The molecular formula is C16H28O2S. The second-order valence-electron chi connectivity index (χ2n) is 6.21. The van der Waals surface area contributed by atoms with Crippen molar-refractivity contribution in [3.63, 3.8) is 0 Å². The van der Waals surface area contributed by atoms with E-state index in [1.54, 1.807) is 0 Å². The van der Waals surface area contributed by atoms with Crippen molar-refractivity contribution in [1.82, 2.24) is 0 Å². The molecule has 3 heteroatoms. The fourth-order valence-corrected chi connectivity index (χ4v) is 2.40. The van der Waals surface area contributed by atoms with Crippen molar-refractivity contribution in [2.75, 3.05) is 25.7 Å². The summed E-state index contributed by atoms with van der Waals surface area (Å²) in [6.07, 6.45) is 6.15. The number of aliphatic hydroxyl groups excluding tert-OH is 1. The lowest BCUT2D eigenvalue weighted by Gasteiger charge is -2.43. The second kappa shape index (κ2) is 6.78. The Balaban J connectivity index is 2.45. The predicted molar refractivity (Wildman–Crippen MR) is 86.1 cm³/mol. The van der Waals surface area contributed by atoms with Gasteiger partial charge in [-0.2, -0.15) is 0 Å². The molecule has 0 bridgehead atoms. The molecule has 1 N–H and O–H groups in total. The van der Waals surface area contributed by atoms with Gasteiger partial charge in [-0.05, 0) is 36.5 Å². The van der Waals surface area contributed by atoms with E-state index in [0.717, 1.165) is 19.4 Å². The molecule has 0 saturated carbocycles. The zero-order chi connectivity index (χ0) is 14.5. The van der Waals surface area contributed by atoms with E-state index in [1.165, 1.54) is 11.1 Å². The van der Waals surface area contributed by atoms with Crippen LogP contribution in [0.15, 0.2) is 24.3 Å². The summed E-state index contributed by atoms with van der Waals surface area (Å²) in [5, 5.41) is 8.88. The van der Waals surface area contributed by atoms with E-state index < -0.39 is 10.3 Å². The standard InChI is InChI=1S/C16H28O2S/c1-16(2,3)19(4,5)18-13-11-15-8-6-14(7-9-15)10-12-17/h6-9,17H,10-13H2,1-5H3. The summed E-state index contributed by atoms with van der Waals surface area (Å²) in [5.74, 6) is 0. The van der Waals surface area contributed by atoms with Crippen molar-refractivity contribution in [3.05, 3.63) is 35.4 Å². The maximum Gasteiger partial charge on any atom is 0.0632 e. The largest absolute Gasteiger partial charge is 0.396 e. The van der Waals surface area contributed by atoms with Gasteiger partial charge in [0.15, 0.2) is 0 Å². The first-order chi connectivity index (χ1) is 8.76. The van der Waals surface area contributed by atoms with Gasteiger partial charge in [0.25, 0.3) is 0 Å². The molecule has 0 aromatic heterocycles. The highest BCUT2D eigenvalue weighted by Crippen LogP contribution is 2.53. The van der Waals surface area contributed by atoms with E-state index in [4.69, 9.17) is 9.29 Å². The smallest absolute Gasteiger partial charge is 0.0632 e. The highest BCUT2D eigenvalue weighted by Gasteiger charge is 2.28. The Morgan fingerprint density at radius 2 is 1.47 bits per heavy atom. The van der Waals surface area contributed by atoms with Crippen LogP contribution in [0.4, 0.5) is 0 Å². The molecule has 0 spiro atoms. The molecule has 0 aliphatic carbocycles. The normalized spacial score (nSPS) is 13.6. The molecular weight excluding hydrogens is 256 g/mol. The molecule has 1 aromatic carbocycles. The average Bonchev–Trinajstić information content (AvgIpc) is 2.30. The number of aliphatic hydroxyl groups is 1. The molecule has 0 aliphatic rings. The quantitative estimate of drug-likeness (QED) is 0.865. The summed E-state index contributed by atoms with van der Waals surface area (Å²) < 4.78 is 6.34. The van der Waals surface area contributed by atoms with Crippen LogP contribution in [0.25, 0.3) is 0 Å². The van der Waals surface area contributed by atoms with Gasteiger partial charge in [-0.1, -0.05) is 45.0 Å². The topological polar surface area (TPSA) is 29.5 Å². The molecule has 0 unspecified atom stereocenters. The zero-order valence-electron chi connectivity index (χ0n) is 12.9. The van der Waals surface area contributed by atoms with E-state index in [2.05, 4.69) is 57.5 Å². The number of benzene rings is 1. The maximum atomic E-state index is 8.88. The van der Waals surface area contributed by atoms with Crippen molar-refractivity contribution in [2.45, 2.75) is 38.4 Å². The van der Waals surface area contributed by atoms with Gasteiger partial charge < -0.3 is 9.29 Å². The molecule has 0 heterocycles. The molecule has 0 radical (unpaired) electrons. The minimum absolute atomic E-state index is 0.214. The maximum absolute atomic E-state index is 8.88. The number of hydrogen-bond acceptors (Lipinski definition) is 2. The van der Waals surface area contributed by atoms with Crippen molar-refractivity contribution >= 4 is 10.3 Å². The lowest BCUT2D eigenvalue weighted by atomic mass is 10.1. The Kier molecular flexibility index (Phi) is 5.90. The summed E-state index contributed by atoms with van der Waals surface area (Å²) in [6.45, 7) is 7.72. The van der Waals surface area contributed by atoms with Crippen molar-refractivity contribution in [1.29, 1.82) is 0 Å². The molecule has 2 nitrogen and oxygen atoms in total. The lowest BCUT2D eigenvalue weighted by molar-refractivity contribution is 0.299. The molecule has 0 fully saturated rings. The molecule has 19 heavy (non-hydrogen) atoms. The zero-order valence-corrected chi connectivity index (χ0v) is 13.7. The SMILES string of the molecule is CC(C)(C)S(C)(C)OCCc1ccc(CCO)cc1. The van der Waals surface area contributed by atoms with Crippen molar-refractivity contribution in [2.24, 2.45) is 0 Å². The molecule has 1 rings (SSSR count). The minimum Gasteiger partial charge on any atom is -0.396 e. The first-order valence-corrected chi connectivity index (χ1v) is 9.20. The van der Waals surface area contributed by atoms with Crippen LogP contribution in [0.2, 0.25) is 0 Å². The summed E-state index contributed by atoms with van der Waals surface area (Å²) >= 11 is 0. The van der Waals surface area contributed by atoms with Gasteiger partial charge in [0, 0.05) is 11.4 Å². The first kappa shape index (κ1) is 16.5. The third kappa shape index (κ3) is 5.17. The fraction of sp³-hybridized carbons (Fsp3) is 0.625. The highest BCUT2D eigenvalue weighted by atomic mass is 32.3. The van der Waals surface area contributed by atoms with Crippen LogP contribution in [-0.2, 0) is 17.0 Å². The van der Waals surface area contributed by atoms with Gasteiger partial charge >= 0.3 is 0 Å². The van der Waals surface area contributed by atoms with Gasteiger partial charge in [0.05, 0.1) is 6.61 Å². The Hall–Kier alpha value is -0.510. The summed E-state index contributed by atoms with van der Waals surface area (Å²) in [7, 11) is -1.02. The molecule has 110 valence electrons. The number of rotatable bonds is 6. The van der Waals surface area contributed by atoms with Gasteiger partial charge in [0.2, 0.25) is 0 Å². The van der Waals surface area contributed by atoms with E-state index in [-0.39, 0.29) is 11.4 Å². The van der Waals surface area contributed by atoms with Crippen LogP contribution < -0.4 is 0 Å². The summed E-state index contributed by atoms with van der Waals surface area (Å²) in [6, 6.07) is 8.45. The minimum atomic E-state index is -1.02. The Morgan fingerprint density at radius 1 is 1.00 bits per heavy atom. The van der Waals surface area contributed by atoms with Gasteiger partial charge in [-0.15, -0.1) is 10.3 Å². The monoisotopic (exact) mass is 284 g/mol. The van der Waals surface area contributed by atoms with E-state index in [9.17, 15) is 0 Å². The molecule has 1 aromatic rings. The Labute approximate surface area is 119 Å². The van der Waals surface area contributed by atoms with Crippen LogP contribution in [0, 0.1) is 0 Å². The van der Waals surface area contributed by atoms with Crippen LogP contribution in [0.3, 0.4) is 0 Å². The molecule has 0 atom stereocenters. The van der Waals surface area contributed by atoms with Crippen molar-refractivity contribution in [3.8, 4) is 0 Å². The third-order valence-corrected chi connectivity index (χ3v) is 7.37. The third-order valence-electron chi connectivity index (χ3n) is 3.67. The summed E-state index contributed by atoms with van der Waals surface area (Å²) in [4.78, 5) is 0. The first-order valence-electron chi connectivity index (χ1n) is 6.82. The predicted octanol–water partition coefficient (Wildman–Crippen LogP) is 3.56. The highest BCUT2D eigenvalue weighted by molar-refractivity contribution is 8.29. The van der Waals surface area contributed by atoms with E-state index in [1.807, 2.05) is 0 Å². The van der Waals surface area contributed by atoms with Crippen LogP contribution in [-0.4, -0.2) is 35.6 Å². The van der Waals surface area contributed by atoms with Crippen LogP contribution >= 0.6 is 10.3 Å². The van der Waals surface area contributed by atoms with E-state index >= 15 is 0 Å². The molecule has 0 amide bonds. The summed E-state index contributed by atoms with van der Waals surface area (Å²) in [5.41, 5.74) is 2.48. The van der Waals surface area contributed by atoms with Gasteiger partial charge in [-0.25, -0.2) is 0 Å². The van der Waals surface area contributed by atoms with Crippen molar-refractivity contribution < 1.29 is 9.29 Å². The molecule has 0 saturated heterocycles. The second-order valence-corrected chi connectivity index (χ2v) is 10.1. The number of hydrogen-bond donors (Lipinski definition) is 1.